The number of hydrogen-bond donors (Lipinski definition) is 4. The number of fused-ring (bicyclic) bond motifs is 4. The fourth-order valence-corrected chi connectivity index (χ4v) is 7.26. The number of ketones is 2. The molecule has 1 fully saturated rings. The molecule has 51 heavy (non-hydrogen) atoms. The van der Waals surface area contributed by atoms with Gasteiger partial charge >= 0.3 is 17.9 Å². The van der Waals surface area contributed by atoms with Gasteiger partial charge in [0, 0.05) is 32.8 Å². The van der Waals surface area contributed by atoms with Crippen LogP contribution in [0.3, 0.4) is 0 Å². The summed E-state index contributed by atoms with van der Waals surface area (Å²) in [6.45, 7) is 0. The van der Waals surface area contributed by atoms with E-state index in [9.17, 15) is 34.2 Å². The van der Waals surface area contributed by atoms with Crippen molar-refractivity contribution in [2.24, 2.45) is 11.8 Å². The number of halogens is 1. The van der Waals surface area contributed by atoms with Gasteiger partial charge in [0.1, 0.15) is 6.26 Å². The van der Waals surface area contributed by atoms with Crippen molar-refractivity contribution in [2.45, 2.75) is 56.7 Å². The Morgan fingerprint density at radius 2 is 1.59 bits per heavy atom. The van der Waals surface area contributed by atoms with E-state index in [2.05, 4.69) is 35.9 Å². The van der Waals surface area contributed by atoms with Crippen molar-refractivity contribution in [2.75, 3.05) is 12.8 Å². The summed E-state index contributed by atoms with van der Waals surface area (Å²) in [4.78, 5) is 70.2. The summed E-state index contributed by atoms with van der Waals surface area (Å²) in [5.74, 6) is -6.11. The normalized spacial score (nSPS) is 24.7. The monoisotopic (exact) mass is 773 g/mol. The number of anilines is 1. The number of hydrogen-bond acceptors (Lipinski definition) is 12. The molecule has 4 unspecified atom stereocenters. The SMILES string of the molecule is COC(C(=O)O)C12CCCC(CCCC/C=C/C=C/C=C\OOOOO1)C2C(=O)O.Nc1c(C(=O)O)cc(Br)c2c1C(=O)c1ccccc1C2=O. The first kappa shape index (κ1) is 39.1. The number of ether oxygens (including phenoxy) is 1. The van der Waals surface area contributed by atoms with Crippen LogP contribution in [-0.2, 0) is 39.2 Å². The molecule has 15 nitrogen and oxygen atoms in total. The van der Waals surface area contributed by atoms with Crippen LogP contribution in [0.5, 0.6) is 0 Å². The van der Waals surface area contributed by atoms with Gasteiger partial charge in [-0.15, -0.1) is 0 Å². The molecule has 1 heterocycles. The molecule has 0 saturated heterocycles. The molecule has 272 valence electrons. The van der Waals surface area contributed by atoms with Crippen molar-refractivity contribution in [3.63, 3.8) is 0 Å². The Kier molecular flexibility index (Phi) is 13.8. The summed E-state index contributed by atoms with van der Waals surface area (Å²) in [6, 6.07) is 7.64. The number of aromatic carboxylic acids is 1. The quantitative estimate of drug-likeness (QED) is 0.178. The lowest BCUT2D eigenvalue weighted by Crippen LogP contribution is -2.61. The lowest BCUT2D eigenvalue weighted by Gasteiger charge is -2.45. The fraction of sp³-hybridized carbons (Fsp3) is 0.343. The van der Waals surface area contributed by atoms with Crippen LogP contribution in [0.15, 0.2) is 71.4 Å². The highest BCUT2D eigenvalue weighted by molar-refractivity contribution is 9.10. The molecule has 2 aromatic rings. The van der Waals surface area contributed by atoms with Crippen molar-refractivity contribution < 1.29 is 68.9 Å². The lowest BCUT2D eigenvalue weighted by atomic mass is 9.65. The van der Waals surface area contributed by atoms with Gasteiger partial charge in [0.25, 0.3) is 0 Å². The number of nitrogens with two attached hydrogens (primary N) is 1. The molecular weight excluding hydrogens is 738 g/mol. The number of allylic oxidation sites excluding steroid dienone is 5. The average Bonchev–Trinajstić information content (AvgIpc) is 3.09. The number of aliphatic carboxylic acids is 2. The van der Waals surface area contributed by atoms with Gasteiger partial charge in [-0.1, -0.05) is 55.0 Å². The molecule has 0 aromatic heterocycles. The highest BCUT2D eigenvalue weighted by Gasteiger charge is 2.59. The first-order valence-corrected chi connectivity index (χ1v) is 16.6. The summed E-state index contributed by atoms with van der Waals surface area (Å²) in [5.41, 5.74) is 4.18. The van der Waals surface area contributed by atoms with Crippen molar-refractivity contribution in [1.29, 1.82) is 0 Å². The molecule has 4 atom stereocenters. The molecule has 5 N–H and O–H groups in total. The number of carbonyl (C=O) groups is 5. The highest BCUT2D eigenvalue weighted by atomic mass is 79.9. The van der Waals surface area contributed by atoms with Gasteiger partial charge in [0.2, 0.25) is 0 Å². The minimum Gasteiger partial charge on any atom is -0.481 e. The van der Waals surface area contributed by atoms with E-state index < -0.39 is 41.3 Å². The summed E-state index contributed by atoms with van der Waals surface area (Å²) >= 11 is 3.16. The molecule has 16 heteroatoms. The second kappa shape index (κ2) is 18.0. The molecule has 2 aromatic carbocycles. The van der Waals surface area contributed by atoms with Crippen molar-refractivity contribution >= 4 is 51.1 Å². The summed E-state index contributed by atoms with van der Waals surface area (Å²) in [5, 5.41) is 42.0. The second-order valence-corrected chi connectivity index (χ2v) is 12.6. The molecule has 0 radical (unpaired) electrons. The smallest absolute Gasteiger partial charge is 0.337 e. The van der Waals surface area contributed by atoms with Crippen LogP contribution in [0.2, 0.25) is 0 Å². The van der Waals surface area contributed by atoms with Gasteiger partial charge in [-0.3, -0.25) is 14.4 Å². The predicted octanol–water partition coefficient (Wildman–Crippen LogP) is 5.77. The van der Waals surface area contributed by atoms with Crippen LogP contribution >= 0.6 is 15.9 Å². The molecule has 0 spiro atoms. The standard InChI is InChI=1S/C20H28O10.C15H8BrNO4/c1-25-17(19(23)24)20-13-10-12-15(16(20)18(21)22)11-8-6-4-2-3-5-7-9-14-26-28-30-29-27-20;16-9-5-8(15(20)21)12(17)11-10(9)13(18)6-3-1-2-4-7(6)14(11)19/h2-3,5,7,9,14-17H,4,6,8,10-13H2,1H3,(H,21,22)(H,23,24);1-5H,17H2,(H,20,21)/b3-2+,7-5+,14-9-;. The number of carboxylic acid groups (broad SMARTS) is 3. The molecular formula is C35H36BrNO14. The van der Waals surface area contributed by atoms with E-state index in [1.165, 1.54) is 31.6 Å². The summed E-state index contributed by atoms with van der Waals surface area (Å²) < 4.78 is 5.37. The number of methoxy groups -OCH3 is 1. The Balaban J connectivity index is 0.000000242. The van der Waals surface area contributed by atoms with Crippen LogP contribution in [0, 0.1) is 11.8 Å². The van der Waals surface area contributed by atoms with E-state index >= 15 is 0 Å². The third-order valence-electron chi connectivity index (χ3n) is 8.81. The minimum atomic E-state index is -1.82. The maximum absolute atomic E-state index is 12.6. The second-order valence-electron chi connectivity index (χ2n) is 11.8. The summed E-state index contributed by atoms with van der Waals surface area (Å²) in [7, 11) is 1.18. The third kappa shape index (κ3) is 8.79. The molecule has 2 bridgehead atoms. The zero-order chi connectivity index (χ0) is 37.1. The third-order valence-corrected chi connectivity index (χ3v) is 9.44. The van der Waals surface area contributed by atoms with E-state index in [0.29, 0.717) is 19.3 Å². The molecule has 0 amide bonds. The number of carbonyl (C=O) groups excluding carboxylic acids is 2. The van der Waals surface area contributed by atoms with Gasteiger partial charge < -0.3 is 30.7 Å². The lowest BCUT2D eigenvalue weighted by molar-refractivity contribution is -0.714. The average molecular weight is 775 g/mol. The van der Waals surface area contributed by atoms with Crippen LogP contribution < -0.4 is 5.73 Å². The Morgan fingerprint density at radius 3 is 2.24 bits per heavy atom. The van der Waals surface area contributed by atoms with Crippen LogP contribution in [0.1, 0.15) is 87.1 Å². The van der Waals surface area contributed by atoms with Gasteiger partial charge in [0.15, 0.2) is 23.3 Å². The Labute approximate surface area is 300 Å². The van der Waals surface area contributed by atoms with Crippen molar-refractivity contribution in [3.05, 3.63) is 99.3 Å². The first-order valence-electron chi connectivity index (χ1n) is 15.8. The van der Waals surface area contributed by atoms with E-state index in [4.69, 9.17) is 20.5 Å². The molecule has 3 aliphatic rings. The Hall–Kier alpha value is -4.71. The molecule has 1 aliphatic heterocycles. The van der Waals surface area contributed by atoms with Gasteiger partial charge in [-0.05, 0) is 77.6 Å². The molecule has 5 rings (SSSR count). The molecule has 2 aliphatic carbocycles. The highest BCUT2D eigenvalue weighted by Crippen LogP contribution is 2.46. The van der Waals surface area contributed by atoms with E-state index in [-0.39, 0.29) is 56.1 Å². The number of benzene rings is 2. The summed E-state index contributed by atoms with van der Waals surface area (Å²) in [6.07, 6.45) is 12.9. The van der Waals surface area contributed by atoms with Crippen molar-refractivity contribution in [1.82, 2.24) is 0 Å². The van der Waals surface area contributed by atoms with E-state index in [0.717, 1.165) is 19.3 Å². The maximum Gasteiger partial charge on any atom is 0.337 e. The van der Waals surface area contributed by atoms with Gasteiger partial charge in [-0.2, -0.15) is 4.89 Å². The van der Waals surface area contributed by atoms with Gasteiger partial charge in [0.05, 0.1) is 28.3 Å². The van der Waals surface area contributed by atoms with E-state index in [1.807, 2.05) is 18.2 Å². The number of carboxylic acids is 3. The fourth-order valence-electron chi connectivity index (χ4n) is 6.65. The van der Waals surface area contributed by atoms with Crippen LogP contribution in [0.25, 0.3) is 0 Å². The van der Waals surface area contributed by atoms with Crippen LogP contribution in [-0.4, -0.2) is 63.6 Å². The topological polar surface area (TPSA) is 227 Å². The molecule has 1 saturated carbocycles. The van der Waals surface area contributed by atoms with E-state index in [1.54, 1.807) is 24.3 Å². The van der Waals surface area contributed by atoms with Crippen LogP contribution in [0.4, 0.5) is 5.69 Å². The predicted molar refractivity (Wildman–Crippen MR) is 180 cm³/mol. The maximum atomic E-state index is 12.6. The van der Waals surface area contributed by atoms with Crippen molar-refractivity contribution in [3.8, 4) is 0 Å². The Bertz CT molecular complexity index is 1740. The van der Waals surface area contributed by atoms with Gasteiger partial charge in [-0.25, -0.2) is 9.59 Å². The number of nitrogen functional groups attached to an aromatic ring is 1. The largest absolute Gasteiger partial charge is 0.481 e. The minimum absolute atomic E-state index is 0.0505. The Morgan fingerprint density at radius 1 is 0.922 bits per heavy atom. The zero-order valence-corrected chi connectivity index (χ0v) is 28.9. The zero-order valence-electron chi connectivity index (χ0n) is 27.3. The number of rotatable bonds is 5. The first-order chi connectivity index (χ1) is 24.5.